The Morgan fingerprint density at radius 1 is 1.10 bits per heavy atom. The fourth-order valence-corrected chi connectivity index (χ4v) is 2.82. The van der Waals surface area contributed by atoms with Gasteiger partial charge in [-0.3, -0.25) is 4.72 Å². The predicted molar refractivity (Wildman–Crippen MR) is 89.0 cm³/mol. The van der Waals surface area contributed by atoms with Crippen LogP contribution >= 0.6 is 11.9 Å². The van der Waals surface area contributed by atoms with Crippen molar-refractivity contribution in [2.75, 3.05) is 6.54 Å². The predicted octanol–water partition coefficient (Wildman–Crippen LogP) is 4.95. The summed E-state index contributed by atoms with van der Waals surface area (Å²) in [6, 6.07) is 19.2. The number of hydrogen-bond acceptors (Lipinski definition) is 2. The molecule has 0 aliphatic carbocycles. The van der Waals surface area contributed by atoms with Gasteiger partial charge in [0.1, 0.15) is 0 Å². The molecule has 1 atom stereocenters. The number of hydrogen-bond donors (Lipinski definition) is 1. The third kappa shape index (κ3) is 4.55. The third-order valence-electron chi connectivity index (χ3n) is 3.26. The van der Waals surface area contributed by atoms with Crippen molar-refractivity contribution in [3.05, 3.63) is 78.4 Å². The molecule has 1 nitrogen and oxygen atoms in total. The van der Waals surface area contributed by atoms with E-state index in [1.165, 1.54) is 16.0 Å². The lowest BCUT2D eigenvalue weighted by Crippen LogP contribution is -2.15. The average molecular weight is 283 g/mol. The highest BCUT2D eigenvalue weighted by molar-refractivity contribution is 7.97. The summed E-state index contributed by atoms with van der Waals surface area (Å²) in [5.41, 5.74) is 2.66. The molecule has 2 rings (SSSR count). The van der Waals surface area contributed by atoms with Gasteiger partial charge in [0.2, 0.25) is 0 Å². The first-order chi connectivity index (χ1) is 9.79. The normalized spacial score (nSPS) is 12.1. The molecule has 0 radical (unpaired) electrons. The Morgan fingerprint density at radius 3 is 2.45 bits per heavy atom. The molecule has 0 saturated heterocycles. The van der Waals surface area contributed by atoms with Crippen molar-refractivity contribution in [1.82, 2.24) is 4.72 Å². The molecule has 0 amide bonds. The van der Waals surface area contributed by atoms with Crippen molar-refractivity contribution in [2.45, 2.75) is 24.2 Å². The molecule has 0 heterocycles. The van der Waals surface area contributed by atoms with Crippen molar-refractivity contribution in [2.24, 2.45) is 0 Å². The second-order valence-corrected chi connectivity index (χ2v) is 5.86. The van der Waals surface area contributed by atoms with Crippen molar-refractivity contribution >= 4 is 11.9 Å². The van der Waals surface area contributed by atoms with Crippen LogP contribution in [0.15, 0.2) is 72.1 Å². The smallest absolute Gasteiger partial charge is 0.0228 e. The SMILES string of the molecule is C=CCC(CNSc1ccc(C)cc1)c1ccccc1. The summed E-state index contributed by atoms with van der Waals surface area (Å²) < 4.78 is 3.47. The van der Waals surface area contributed by atoms with Gasteiger partial charge >= 0.3 is 0 Å². The maximum Gasteiger partial charge on any atom is 0.0228 e. The topological polar surface area (TPSA) is 12.0 Å². The molecule has 0 aromatic heterocycles. The lowest BCUT2D eigenvalue weighted by atomic mass is 9.96. The van der Waals surface area contributed by atoms with Gasteiger partial charge in [-0.05, 0) is 43.0 Å². The maximum absolute atomic E-state index is 3.87. The Morgan fingerprint density at radius 2 is 1.80 bits per heavy atom. The van der Waals surface area contributed by atoms with Gasteiger partial charge in [-0.1, -0.05) is 54.1 Å². The summed E-state index contributed by atoms with van der Waals surface area (Å²) in [6.45, 7) is 6.91. The molecule has 0 fully saturated rings. The zero-order valence-electron chi connectivity index (χ0n) is 11.9. The highest BCUT2D eigenvalue weighted by atomic mass is 32.2. The van der Waals surface area contributed by atoms with E-state index in [0.717, 1.165) is 13.0 Å². The first-order valence-electron chi connectivity index (χ1n) is 6.92. The average Bonchev–Trinajstić information content (AvgIpc) is 2.49. The van der Waals surface area contributed by atoms with E-state index in [2.05, 4.69) is 72.8 Å². The van der Waals surface area contributed by atoms with Gasteiger partial charge in [-0.25, -0.2) is 0 Å². The van der Waals surface area contributed by atoms with Crippen LogP contribution in [0.25, 0.3) is 0 Å². The highest BCUT2D eigenvalue weighted by Crippen LogP contribution is 2.21. The molecule has 0 aliphatic rings. The van der Waals surface area contributed by atoms with Crippen molar-refractivity contribution < 1.29 is 0 Å². The van der Waals surface area contributed by atoms with Crippen LogP contribution in [0.3, 0.4) is 0 Å². The highest BCUT2D eigenvalue weighted by Gasteiger charge is 2.09. The third-order valence-corrected chi connectivity index (χ3v) is 4.08. The van der Waals surface area contributed by atoms with Crippen LogP contribution in [0.2, 0.25) is 0 Å². The van der Waals surface area contributed by atoms with E-state index >= 15 is 0 Å². The summed E-state index contributed by atoms with van der Waals surface area (Å²) in [4.78, 5) is 1.25. The molecule has 104 valence electrons. The number of rotatable bonds is 7. The zero-order valence-corrected chi connectivity index (χ0v) is 12.7. The van der Waals surface area contributed by atoms with Crippen LogP contribution in [-0.2, 0) is 0 Å². The van der Waals surface area contributed by atoms with Gasteiger partial charge in [0.25, 0.3) is 0 Å². The molecule has 1 N–H and O–H groups in total. The van der Waals surface area contributed by atoms with Gasteiger partial charge < -0.3 is 0 Å². The number of allylic oxidation sites excluding steroid dienone is 1. The van der Waals surface area contributed by atoms with Crippen LogP contribution in [0, 0.1) is 6.92 Å². The van der Waals surface area contributed by atoms with Crippen LogP contribution in [0.5, 0.6) is 0 Å². The van der Waals surface area contributed by atoms with Crippen molar-refractivity contribution in [3.8, 4) is 0 Å². The zero-order chi connectivity index (χ0) is 14.2. The molecule has 0 bridgehead atoms. The van der Waals surface area contributed by atoms with Gasteiger partial charge in [0, 0.05) is 17.4 Å². The Bertz CT molecular complexity index is 519. The largest absolute Gasteiger partial charge is 0.259 e. The first-order valence-corrected chi connectivity index (χ1v) is 7.73. The summed E-state index contributed by atoms with van der Waals surface area (Å²) in [5.74, 6) is 0.478. The van der Waals surface area contributed by atoms with Crippen LogP contribution in [0.1, 0.15) is 23.5 Å². The van der Waals surface area contributed by atoms with Crippen LogP contribution in [-0.4, -0.2) is 6.54 Å². The Hall–Kier alpha value is -1.51. The Balaban J connectivity index is 1.89. The van der Waals surface area contributed by atoms with Gasteiger partial charge in [0.05, 0.1) is 0 Å². The Kier molecular flexibility index (Phi) is 5.90. The lowest BCUT2D eigenvalue weighted by molar-refractivity contribution is 0.686. The van der Waals surface area contributed by atoms with Crippen LogP contribution in [0.4, 0.5) is 0 Å². The number of nitrogens with one attached hydrogen (secondary N) is 1. The summed E-state index contributed by atoms with van der Waals surface area (Å²) in [7, 11) is 0. The van der Waals surface area contributed by atoms with E-state index in [-0.39, 0.29) is 0 Å². The number of benzene rings is 2. The quantitative estimate of drug-likeness (QED) is 0.570. The molecule has 20 heavy (non-hydrogen) atoms. The second kappa shape index (κ2) is 7.93. The molecule has 0 aliphatic heterocycles. The van der Waals surface area contributed by atoms with E-state index in [9.17, 15) is 0 Å². The van der Waals surface area contributed by atoms with E-state index in [1.807, 2.05) is 6.08 Å². The molecular weight excluding hydrogens is 262 g/mol. The minimum atomic E-state index is 0.478. The van der Waals surface area contributed by atoms with E-state index in [4.69, 9.17) is 0 Å². The van der Waals surface area contributed by atoms with E-state index < -0.39 is 0 Å². The van der Waals surface area contributed by atoms with Gasteiger partial charge in [0.15, 0.2) is 0 Å². The molecule has 2 aromatic carbocycles. The minimum absolute atomic E-state index is 0.478. The van der Waals surface area contributed by atoms with Crippen molar-refractivity contribution in [1.29, 1.82) is 0 Å². The summed E-state index contributed by atoms with van der Waals surface area (Å²) in [6.07, 6.45) is 2.99. The summed E-state index contributed by atoms with van der Waals surface area (Å²) in [5, 5.41) is 0. The first kappa shape index (κ1) is 14.9. The van der Waals surface area contributed by atoms with E-state index in [1.54, 1.807) is 11.9 Å². The van der Waals surface area contributed by atoms with Crippen molar-refractivity contribution in [3.63, 3.8) is 0 Å². The molecule has 0 saturated carbocycles. The fourth-order valence-electron chi connectivity index (χ4n) is 2.10. The molecule has 2 heteroatoms. The molecule has 2 aromatic rings. The molecule has 0 spiro atoms. The minimum Gasteiger partial charge on any atom is -0.259 e. The molecule has 1 unspecified atom stereocenters. The maximum atomic E-state index is 3.87. The Labute approximate surface area is 126 Å². The fraction of sp³-hybridized carbons (Fsp3) is 0.222. The van der Waals surface area contributed by atoms with Crippen LogP contribution < -0.4 is 4.72 Å². The second-order valence-electron chi connectivity index (χ2n) is 4.90. The van der Waals surface area contributed by atoms with Gasteiger partial charge in [-0.2, -0.15) is 0 Å². The van der Waals surface area contributed by atoms with Gasteiger partial charge in [-0.15, -0.1) is 6.58 Å². The standard InChI is InChI=1S/C18H21NS/c1-3-7-17(16-8-5-4-6-9-16)14-19-20-18-12-10-15(2)11-13-18/h3-6,8-13,17,19H,1,7,14H2,2H3. The summed E-state index contributed by atoms with van der Waals surface area (Å²) >= 11 is 1.69. The monoisotopic (exact) mass is 283 g/mol. The number of aryl methyl sites for hydroxylation is 1. The lowest BCUT2D eigenvalue weighted by Gasteiger charge is -2.16. The van der Waals surface area contributed by atoms with E-state index in [0.29, 0.717) is 5.92 Å². The molecular formula is C18H21NS.